The Bertz CT molecular complexity index is 1610. The number of pyridine rings is 2. The van der Waals surface area contributed by atoms with Crippen LogP contribution < -0.4 is 10.3 Å². The molecule has 200 valence electrons. The second-order valence-electron chi connectivity index (χ2n) is 8.96. The molecule has 0 amide bonds. The molecule has 0 radical (unpaired) electrons. The van der Waals surface area contributed by atoms with E-state index in [4.69, 9.17) is 9.72 Å². The van der Waals surface area contributed by atoms with E-state index in [1.165, 1.54) is 23.7 Å². The average molecular weight is 539 g/mol. The molecule has 0 atom stereocenters. The Labute approximate surface area is 220 Å². The molecule has 1 saturated heterocycles. The molecule has 13 heteroatoms. The number of methoxy groups -OCH3 is 1. The molecule has 38 heavy (non-hydrogen) atoms. The molecule has 12 nitrogen and oxygen atoms in total. The van der Waals surface area contributed by atoms with Gasteiger partial charge in [-0.1, -0.05) is 19.9 Å². The first-order chi connectivity index (χ1) is 18.3. The number of aromatic amines is 1. The zero-order valence-electron chi connectivity index (χ0n) is 21.6. The van der Waals surface area contributed by atoms with Gasteiger partial charge in [-0.25, -0.2) is 18.4 Å². The first-order valence-corrected chi connectivity index (χ1v) is 14.0. The fraction of sp³-hybridized carbons (Fsp3) is 0.400. The molecule has 1 aliphatic heterocycles. The van der Waals surface area contributed by atoms with Crippen molar-refractivity contribution in [2.45, 2.75) is 31.7 Å². The predicted molar refractivity (Wildman–Crippen MR) is 142 cm³/mol. The van der Waals surface area contributed by atoms with Crippen molar-refractivity contribution in [3.63, 3.8) is 0 Å². The van der Waals surface area contributed by atoms with Gasteiger partial charge in [0.15, 0.2) is 5.52 Å². The summed E-state index contributed by atoms with van der Waals surface area (Å²) in [4.78, 5) is 31.4. The van der Waals surface area contributed by atoms with Gasteiger partial charge in [-0.2, -0.15) is 9.40 Å². The average Bonchev–Trinajstić information content (AvgIpc) is 3.30. The highest BCUT2D eigenvalue weighted by Crippen LogP contribution is 2.30. The first-order valence-electron chi connectivity index (χ1n) is 12.5. The largest absolute Gasteiger partial charge is 0.480 e. The molecule has 5 heterocycles. The van der Waals surface area contributed by atoms with Gasteiger partial charge in [0.1, 0.15) is 16.2 Å². The van der Waals surface area contributed by atoms with Crippen molar-refractivity contribution in [1.82, 2.24) is 38.9 Å². The van der Waals surface area contributed by atoms with E-state index in [0.717, 1.165) is 17.9 Å². The summed E-state index contributed by atoms with van der Waals surface area (Å²) in [6.07, 6.45) is 3.56. The highest BCUT2D eigenvalue weighted by molar-refractivity contribution is 7.89. The van der Waals surface area contributed by atoms with Crippen molar-refractivity contribution in [2.24, 2.45) is 0 Å². The minimum atomic E-state index is -3.80. The number of aryl methyl sites for hydroxylation is 1. The van der Waals surface area contributed by atoms with Crippen molar-refractivity contribution < 1.29 is 13.2 Å². The number of nitrogens with zero attached hydrogens (tertiary/aromatic N) is 7. The van der Waals surface area contributed by atoms with Gasteiger partial charge in [-0.3, -0.25) is 14.5 Å². The van der Waals surface area contributed by atoms with E-state index in [0.29, 0.717) is 44.7 Å². The number of aromatic nitrogens is 6. The molecule has 0 bridgehead atoms. The zero-order chi connectivity index (χ0) is 26.9. The first kappa shape index (κ1) is 25.9. The summed E-state index contributed by atoms with van der Waals surface area (Å²) in [7, 11) is -2.37. The summed E-state index contributed by atoms with van der Waals surface area (Å²) in [5, 5.41) is 4.50. The summed E-state index contributed by atoms with van der Waals surface area (Å²) in [5.41, 5.74) is 2.04. The van der Waals surface area contributed by atoms with Crippen LogP contribution in [0.25, 0.3) is 22.4 Å². The lowest BCUT2D eigenvalue weighted by Gasteiger charge is -2.33. The van der Waals surface area contributed by atoms with Crippen LogP contribution in [0.1, 0.15) is 25.2 Å². The van der Waals surface area contributed by atoms with Crippen molar-refractivity contribution in [1.29, 1.82) is 0 Å². The summed E-state index contributed by atoms with van der Waals surface area (Å²) in [5.74, 6) is 0.313. The summed E-state index contributed by atoms with van der Waals surface area (Å²) in [6, 6.07) is 7.08. The fourth-order valence-corrected chi connectivity index (χ4v) is 6.05. The summed E-state index contributed by atoms with van der Waals surface area (Å²) < 4.78 is 35.5. The van der Waals surface area contributed by atoms with E-state index in [1.54, 1.807) is 10.9 Å². The van der Waals surface area contributed by atoms with Gasteiger partial charge in [0.25, 0.3) is 5.56 Å². The maximum atomic E-state index is 13.4. The Balaban J connectivity index is 1.57. The van der Waals surface area contributed by atoms with Crippen LogP contribution in [0.3, 0.4) is 0 Å². The fourth-order valence-electron chi connectivity index (χ4n) is 4.66. The summed E-state index contributed by atoms with van der Waals surface area (Å²) >= 11 is 0. The standard InChI is InChI=1S/C25H30N8O4S/c1-4-20-21-22(30-33(20)16-17-8-6-7-9-26-17)24(34)29-23(28-21)19-14-18(15-27-25(19)37-3)38(35,36)32-12-10-31(5-2)11-13-32/h6-9,14-15H,4-5,10-13,16H2,1-3H3,(H,28,29,34). The van der Waals surface area contributed by atoms with Crippen molar-refractivity contribution in [3.05, 3.63) is 58.4 Å². The Morgan fingerprint density at radius 3 is 2.53 bits per heavy atom. The molecule has 4 aromatic heterocycles. The number of hydrogen-bond donors (Lipinski definition) is 1. The highest BCUT2D eigenvalue weighted by atomic mass is 32.2. The quantitative estimate of drug-likeness (QED) is 0.354. The number of ether oxygens (including phenoxy) is 1. The Kier molecular flexibility index (Phi) is 7.23. The number of nitrogens with one attached hydrogen (secondary N) is 1. The van der Waals surface area contributed by atoms with Gasteiger partial charge in [0, 0.05) is 32.4 Å². The smallest absolute Gasteiger partial charge is 0.279 e. The molecule has 0 saturated carbocycles. The van der Waals surface area contributed by atoms with E-state index < -0.39 is 15.6 Å². The van der Waals surface area contributed by atoms with Crippen LogP contribution in [-0.4, -0.2) is 87.2 Å². The maximum absolute atomic E-state index is 13.4. The van der Waals surface area contributed by atoms with Crippen LogP contribution in [0.2, 0.25) is 0 Å². The molecule has 1 N–H and O–H groups in total. The van der Waals surface area contributed by atoms with Gasteiger partial charge in [-0.05, 0) is 31.2 Å². The lowest BCUT2D eigenvalue weighted by molar-refractivity contribution is 0.196. The molecular formula is C25H30N8O4S. The number of fused-ring (bicyclic) bond motifs is 1. The minimum absolute atomic E-state index is 0.0163. The lowest BCUT2D eigenvalue weighted by Crippen LogP contribution is -2.48. The number of sulfonamides is 1. The van der Waals surface area contributed by atoms with Gasteiger partial charge in [0.2, 0.25) is 15.9 Å². The van der Waals surface area contributed by atoms with E-state index in [2.05, 4.69) is 31.9 Å². The second-order valence-corrected chi connectivity index (χ2v) is 10.9. The Morgan fingerprint density at radius 2 is 1.87 bits per heavy atom. The number of H-pyrrole nitrogens is 1. The number of rotatable bonds is 8. The SMILES string of the molecule is CCc1c2nc(-c3cc(S(=O)(=O)N4CCN(CC)CC4)cnc3OC)[nH]c(=O)c2nn1Cc1ccccn1. The molecule has 0 aliphatic carbocycles. The van der Waals surface area contributed by atoms with E-state index in [9.17, 15) is 13.2 Å². The van der Waals surface area contributed by atoms with Gasteiger partial charge in [-0.15, -0.1) is 0 Å². The highest BCUT2D eigenvalue weighted by Gasteiger charge is 2.30. The Morgan fingerprint density at radius 1 is 1.08 bits per heavy atom. The number of likely N-dealkylation sites (N-methyl/N-ethyl adjacent to an activating group) is 1. The maximum Gasteiger partial charge on any atom is 0.279 e. The molecule has 1 aliphatic rings. The third-order valence-corrected chi connectivity index (χ3v) is 8.63. The van der Waals surface area contributed by atoms with E-state index in [-0.39, 0.29) is 27.7 Å². The van der Waals surface area contributed by atoms with Crippen LogP contribution in [-0.2, 0) is 23.0 Å². The van der Waals surface area contributed by atoms with Crippen LogP contribution in [0, 0.1) is 0 Å². The van der Waals surface area contributed by atoms with Gasteiger partial charge in [0.05, 0.1) is 36.8 Å². The minimum Gasteiger partial charge on any atom is -0.480 e. The summed E-state index contributed by atoms with van der Waals surface area (Å²) in [6.45, 7) is 7.41. The molecular weight excluding hydrogens is 508 g/mol. The molecule has 0 spiro atoms. The normalized spacial score (nSPS) is 15.2. The Hall–Kier alpha value is -3.68. The lowest BCUT2D eigenvalue weighted by atomic mass is 10.2. The molecule has 0 unspecified atom stereocenters. The van der Waals surface area contributed by atoms with Crippen LogP contribution in [0.4, 0.5) is 0 Å². The molecule has 5 rings (SSSR count). The van der Waals surface area contributed by atoms with E-state index >= 15 is 0 Å². The molecule has 4 aromatic rings. The van der Waals surface area contributed by atoms with Crippen molar-refractivity contribution >= 4 is 21.1 Å². The van der Waals surface area contributed by atoms with Crippen molar-refractivity contribution in [2.75, 3.05) is 39.8 Å². The van der Waals surface area contributed by atoms with Crippen LogP contribution in [0.5, 0.6) is 5.88 Å². The molecule has 0 aromatic carbocycles. The number of hydrogen-bond acceptors (Lipinski definition) is 9. The third kappa shape index (κ3) is 4.79. The third-order valence-electron chi connectivity index (χ3n) is 6.76. The topological polar surface area (TPSA) is 139 Å². The van der Waals surface area contributed by atoms with Crippen molar-refractivity contribution in [3.8, 4) is 17.3 Å². The molecule has 1 fully saturated rings. The van der Waals surface area contributed by atoms with Gasteiger partial charge >= 0.3 is 0 Å². The van der Waals surface area contributed by atoms with Crippen LogP contribution >= 0.6 is 0 Å². The second kappa shape index (κ2) is 10.6. The van der Waals surface area contributed by atoms with Crippen LogP contribution in [0.15, 0.2) is 46.3 Å². The predicted octanol–water partition coefficient (Wildman–Crippen LogP) is 1.52. The zero-order valence-corrected chi connectivity index (χ0v) is 22.4. The van der Waals surface area contributed by atoms with E-state index in [1.807, 2.05) is 25.1 Å². The van der Waals surface area contributed by atoms with Gasteiger partial charge < -0.3 is 14.6 Å². The monoisotopic (exact) mass is 538 g/mol. The number of piperazine rings is 1.